The Morgan fingerprint density at radius 3 is 2.72 bits per heavy atom. The molecule has 1 aliphatic carbocycles. The van der Waals surface area contributed by atoms with Crippen LogP contribution in [0.15, 0.2) is 49.6 Å². The number of rotatable bonds is 11. The van der Waals surface area contributed by atoms with E-state index in [1.807, 2.05) is 23.1 Å². The SMILES string of the molecule is N#CCC1(n2cc(-c3ncnc4[nH]ccc34)cn2)CN([C@H]2CC[C@@H](Oc3cc(CNCCc4c[nH]cn4)nc(C(F)(F)F)n3)CC2)C1. The van der Waals surface area contributed by atoms with Gasteiger partial charge < -0.3 is 20.0 Å². The number of likely N-dealkylation sites (tertiary alicyclic amines) is 1. The second kappa shape index (κ2) is 12.7. The first kappa shape index (κ1) is 30.8. The van der Waals surface area contributed by atoms with Crippen molar-refractivity contribution in [2.75, 3.05) is 19.6 Å². The number of imidazole rings is 1. The molecule has 0 unspecified atom stereocenters. The molecule has 0 aromatic carbocycles. The van der Waals surface area contributed by atoms with Crippen LogP contribution in [-0.2, 0) is 24.7 Å². The summed E-state index contributed by atoms with van der Waals surface area (Å²) in [6.07, 6.45) is 9.45. The number of fused-ring (bicyclic) bond motifs is 1. The number of ether oxygens (including phenoxy) is 1. The summed E-state index contributed by atoms with van der Waals surface area (Å²) in [6.45, 7) is 2.03. The van der Waals surface area contributed by atoms with Gasteiger partial charge in [0.25, 0.3) is 0 Å². The molecule has 5 aromatic rings. The van der Waals surface area contributed by atoms with E-state index in [-0.39, 0.29) is 30.3 Å². The van der Waals surface area contributed by atoms with Crippen molar-refractivity contribution in [1.29, 1.82) is 5.26 Å². The molecule has 16 heteroatoms. The third-order valence-corrected chi connectivity index (χ3v) is 8.97. The summed E-state index contributed by atoms with van der Waals surface area (Å²) in [5.74, 6) is -1.27. The maximum Gasteiger partial charge on any atom is 0.451 e. The highest BCUT2D eigenvalue weighted by molar-refractivity contribution is 5.90. The fourth-order valence-electron chi connectivity index (χ4n) is 6.57. The van der Waals surface area contributed by atoms with E-state index in [9.17, 15) is 18.4 Å². The molecule has 0 spiro atoms. The quantitative estimate of drug-likeness (QED) is 0.179. The lowest BCUT2D eigenvalue weighted by Crippen LogP contribution is -2.65. The molecule has 2 aliphatic rings. The minimum atomic E-state index is -4.69. The van der Waals surface area contributed by atoms with Gasteiger partial charge in [-0.25, -0.2) is 19.9 Å². The zero-order valence-electron chi connectivity index (χ0n) is 25.4. The number of H-pyrrole nitrogens is 2. The lowest BCUT2D eigenvalue weighted by molar-refractivity contribution is -0.145. The Balaban J connectivity index is 0.953. The van der Waals surface area contributed by atoms with Crippen LogP contribution < -0.4 is 10.1 Å². The molecule has 1 aliphatic heterocycles. The van der Waals surface area contributed by atoms with Gasteiger partial charge in [-0.2, -0.15) is 28.5 Å². The number of aromatic amines is 2. The number of halogens is 3. The monoisotopic (exact) mass is 646 g/mol. The number of alkyl halides is 3. The molecule has 3 N–H and O–H groups in total. The van der Waals surface area contributed by atoms with Crippen molar-refractivity contribution < 1.29 is 17.9 Å². The number of nitriles is 1. The van der Waals surface area contributed by atoms with Gasteiger partial charge in [0.05, 0.1) is 42.1 Å². The highest BCUT2D eigenvalue weighted by atomic mass is 19.4. The van der Waals surface area contributed by atoms with E-state index in [0.29, 0.717) is 45.3 Å². The second-order valence-electron chi connectivity index (χ2n) is 12.2. The fourth-order valence-corrected chi connectivity index (χ4v) is 6.57. The number of hydrogen-bond donors (Lipinski definition) is 3. The predicted octanol–water partition coefficient (Wildman–Crippen LogP) is 4.00. The second-order valence-corrected chi connectivity index (χ2v) is 12.2. The van der Waals surface area contributed by atoms with Gasteiger partial charge in [0, 0.05) is 74.2 Å². The maximum atomic E-state index is 13.6. The Hall–Kier alpha value is -4.88. The zero-order chi connectivity index (χ0) is 32.4. The van der Waals surface area contributed by atoms with E-state index in [4.69, 9.17) is 4.74 Å². The summed E-state index contributed by atoms with van der Waals surface area (Å²) in [6, 6.07) is 6.04. The van der Waals surface area contributed by atoms with Crippen molar-refractivity contribution in [3.8, 4) is 23.2 Å². The maximum absolute atomic E-state index is 13.6. The molecule has 5 aromatic heterocycles. The molecule has 0 atom stereocenters. The van der Waals surface area contributed by atoms with E-state index in [1.165, 1.54) is 12.4 Å². The van der Waals surface area contributed by atoms with Gasteiger partial charge in [0.2, 0.25) is 11.7 Å². The average molecular weight is 647 g/mol. The van der Waals surface area contributed by atoms with Crippen molar-refractivity contribution in [3.63, 3.8) is 0 Å². The van der Waals surface area contributed by atoms with Crippen LogP contribution in [0.25, 0.3) is 22.3 Å². The van der Waals surface area contributed by atoms with Crippen LogP contribution in [0.1, 0.15) is 49.3 Å². The minimum absolute atomic E-state index is 0.0630. The van der Waals surface area contributed by atoms with Gasteiger partial charge in [0.1, 0.15) is 23.6 Å². The Kier molecular flexibility index (Phi) is 8.33. The molecule has 1 saturated heterocycles. The van der Waals surface area contributed by atoms with Crippen molar-refractivity contribution in [2.45, 2.75) is 68.9 Å². The molecule has 0 amide bonds. The molecule has 0 radical (unpaired) electrons. The minimum Gasteiger partial charge on any atom is -0.474 e. The van der Waals surface area contributed by atoms with Crippen LogP contribution in [0, 0.1) is 11.3 Å². The molecular weight excluding hydrogens is 613 g/mol. The van der Waals surface area contributed by atoms with E-state index in [0.717, 1.165) is 40.8 Å². The highest BCUT2D eigenvalue weighted by Crippen LogP contribution is 2.39. The van der Waals surface area contributed by atoms with Crippen LogP contribution in [0.5, 0.6) is 5.88 Å². The number of nitrogens with zero attached hydrogens (tertiary/aromatic N) is 9. The molecule has 7 rings (SSSR count). The van der Waals surface area contributed by atoms with Crippen molar-refractivity contribution in [3.05, 3.63) is 66.8 Å². The lowest BCUT2D eigenvalue weighted by Gasteiger charge is -2.53. The lowest BCUT2D eigenvalue weighted by atomic mass is 9.82. The first-order valence-corrected chi connectivity index (χ1v) is 15.5. The molecule has 6 heterocycles. The van der Waals surface area contributed by atoms with Crippen molar-refractivity contribution in [1.82, 2.24) is 54.9 Å². The highest BCUT2D eigenvalue weighted by Gasteiger charge is 2.48. The normalized spacial score (nSPS) is 19.8. The van der Waals surface area contributed by atoms with Crippen LogP contribution in [0.4, 0.5) is 13.2 Å². The third kappa shape index (κ3) is 6.54. The topological polar surface area (TPSA) is 162 Å². The largest absolute Gasteiger partial charge is 0.474 e. The molecular formula is C31H33F3N12O. The molecule has 47 heavy (non-hydrogen) atoms. The summed E-state index contributed by atoms with van der Waals surface area (Å²) in [5.41, 5.74) is 3.02. The van der Waals surface area contributed by atoms with Crippen LogP contribution in [-0.4, -0.2) is 81.3 Å². The number of hydrogen-bond acceptors (Lipinski definition) is 10. The van der Waals surface area contributed by atoms with Gasteiger partial charge >= 0.3 is 6.18 Å². The smallest absolute Gasteiger partial charge is 0.451 e. The Labute approximate surface area is 267 Å². The van der Waals surface area contributed by atoms with E-state index in [2.05, 4.69) is 56.3 Å². The van der Waals surface area contributed by atoms with Gasteiger partial charge in [-0.3, -0.25) is 9.58 Å². The van der Waals surface area contributed by atoms with E-state index in [1.54, 1.807) is 18.7 Å². The van der Waals surface area contributed by atoms with Crippen molar-refractivity contribution >= 4 is 11.0 Å². The van der Waals surface area contributed by atoms with Crippen LogP contribution in [0.2, 0.25) is 0 Å². The van der Waals surface area contributed by atoms with E-state index < -0.39 is 17.5 Å². The van der Waals surface area contributed by atoms with Gasteiger partial charge in [0.15, 0.2) is 0 Å². The summed E-state index contributed by atoms with van der Waals surface area (Å²) in [4.78, 5) is 28.6. The van der Waals surface area contributed by atoms with Crippen molar-refractivity contribution in [2.24, 2.45) is 0 Å². The number of aromatic nitrogens is 9. The Bertz CT molecular complexity index is 1850. The molecule has 2 fully saturated rings. The number of nitrogens with one attached hydrogen (secondary N) is 3. The summed E-state index contributed by atoms with van der Waals surface area (Å²) in [5, 5.41) is 18.4. The molecule has 1 saturated carbocycles. The zero-order valence-corrected chi connectivity index (χ0v) is 25.4. The fraction of sp³-hybridized carbons (Fsp3) is 0.452. The third-order valence-electron chi connectivity index (χ3n) is 8.97. The first-order chi connectivity index (χ1) is 22.8. The average Bonchev–Trinajstić information content (AvgIpc) is 3.84. The van der Waals surface area contributed by atoms with Crippen LogP contribution in [0.3, 0.4) is 0 Å². The van der Waals surface area contributed by atoms with Crippen LogP contribution >= 0.6 is 0 Å². The first-order valence-electron chi connectivity index (χ1n) is 15.5. The molecule has 0 bridgehead atoms. The summed E-state index contributed by atoms with van der Waals surface area (Å²) >= 11 is 0. The summed E-state index contributed by atoms with van der Waals surface area (Å²) < 4.78 is 48.7. The standard InChI is InChI=1S/C31H33F3N12O/c32-31(33,34)29-43-22(14-36-9-5-21-13-37-18-39-21)11-26(44-29)47-24-3-1-23(2-4-24)45-16-30(17-45,7-8-35)46-15-20(12-42-46)27-25-6-10-38-28(25)41-19-40-27/h6,10-13,15,18-19,23-24,36H,1-5,7,9,14,16-17H2,(H,37,39)(H,38,40,41)/t23-,24+. The predicted molar refractivity (Wildman–Crippen MR) is 163 cm³/mol. The molecule has 13 nitrogen and oxygen atoms in total. The Morgan fingerprint density at radius 1 is 1.11 bits per heavy atom. The Morgan fingerprint density at radius 2 is 1.96 bits per heavy atom. The van der Waals surface area contributed by atoms with Gasteiger partial charge in [-0.1, -0.05) is 0 Å². The summed E-state index contributed by atoms with van der Waals surface area (Å²) in [7, 11) is 0. The van der Waals surface area contributed by atoms with Gasteiger partial charge in [-0.05, 0) is 31.7 Å². The van der Waals surface area contributed by atoms with E-state index >= 15 is 0 Å². The molecule has 244 valence electrons. The van der Waals surface area contributed by atoms with Gasteiger partial charge in [-0.15, -0.1) is 0 Å².